The molecule has 3 amide bonds. The van der Waals surface area contributed by atoms with E-state index in [1.807, 2.05) is 13.8 Å². The molecule has 4 fully saturated rings. The van der Waals surface area contributed by atoms with Crippen molar-refractivity contribution in [3.63, 3.8) is 0 Å². The molecule has 6 heteroatoms. The van der Waals surface area contributed by atoms with Crippen LogP contribution in [-0.2, 0) is 4.79 Å². The van der Waals surface area contributed by atoms with Crippen LogP contribution >= 0.6 is 0 Å². The molecule has 30 heavy (non-hydrogen) atoms. The Morgan fingerprint density at radius 2 is 1.60 bits per heavy atom. The number of nitriles is 1. The van der Waals surface area contributed by atoms with E-state index in [1.165, 1.54) is 19.3 Å². The Bertz CT molecular complexity index is 611. The lowest BCUT2D eigenvalue weighted by Crippen LogP contribution is -2.44. The molecule has 4 rings (SSSR count). The lowest BCUT2D eigenvalue weighted by atomic mass is 9.98. The molecule has 4 atom stereocenters. The fourth-order valence-corrected chi connectivity index (χ4v) is 5.99. The van der Waals surface area contributed by atoms with Crippen LogP contribution in [-0.4, -0.2) is 65.4 Å². The van der Waals surface area contributed by atoms with Crippen molar-refractivity contribution in [2.24, 2.45) is 17.8 Å². The Balaban J connectivity index is 0.00000124. The number of urea groups is 1. The first-order valence-corrected chi connectivity index (χ1v) is 12.4. The third-order valence-electron chi connectivity index (χ3n) is 7.47. The molecule has 0 bridgehead atoms. The summed E-state index contributed by atoms with van der Waals surface area (Å²) < 4.78 is 0. The van der Waals surface area contributed by atoms with E-state index >= 15 is 0 Å². The number of rotatable bonds is 4. The van der Waals surface area contributed by atoms with Crippen LogP contribution in [0.1, 0.15) is 78.1 Å². The molecule has 1 unspecified atom stereocenters. The molecule has 3 saturated heterocycles. The number of amides is 3. The SMILES string of the molecule is CC.N#C[C@@H]1CCCN1C(=O)CCCC1C[C@@H]2CN(C(=O)N3CCCCC3)C[C@@H]2C1. The van der Waals surface area contributed by atoms with E-state index in [9.17, 15) is 9.59 Å². The van der Waals surface area contributed by atoms with Gasteiger partial charge in [0.15, 0.2) is 0 Å². The average molecular weight is 417 g/mol. The number of carbonyl (C=O) groups is 2. The number of carbonyl (C=O) groups excluding carboxylic acids is 2. The maximum atomic E-state index is 12.7. The van der Waals surface area contributed by atoms with Crippen LogP contribution in [0.2, 0.25) is 0 Å². The highest BCUT2D eigenvalue weighted by molar-refractivity contribution is 5.77. The van der Waals surface area contributed by atoms with Gasteiger partial charge in [0, 0.05) is 39.1 Å². The van der Waals surface area contributed by atoms with Gasteiger partial charge >= 0.3 is 6.03 Å². The Labute approximate surface area is 182 Å². The monoisotopic (exact) mass is 416 g/mol. The summed E-state index contributed by atoms with van der Waals surface area (Å²) in [4.78, 5) is 31.1. The first kappa shape index (κ1) is 22.9. The van der Waals surface area contributed by atoms with Crippen molar-refractivity contribution in [1.82, 2.24) is 14.7 Å². The summed E-state index contributed by atoms with van der Waals surface area (Å²) in [6, 6.07) is 2.34. The fraction of sp³-hybridized carbons (Fsp3) is 0.875. The van der Waals surface area contributed by atoms with Crippen molar-refractivity contribution in [3.05, 3.63) is 0 Å². The lowest BCUT2D eigenvalue weighted by molar-refractivity contribution is -0.131. The summed E-state index contributed by atoms with van der Waals surface area (Å²) in [6.07, 6.45) is 10.4. The van der Waals surface area contributed by atoms with Crippen molar-refractivity contribution < 1.29 is 9.59 Å². The van der Waals surface area contributed by atoms with Crippen molar-refractivity contribution in [1.29, 1.82) is 5.26 Å². The maximum absolute atomic E-state index is 12.7. The summed E-state index contributed by atoms with van der Waals surface area (Å²) >= 11 is 0. The van der Waals surface area contributed by atoms with Crippen LogP contribution in [0, 0.1) is 29.1 Å². The molecule has 0 aromatic carbocycles. The molecule has 0 N–H and O–H groups in total. The highest BCUT2D eigenvalue weighted by Gasteiger charge is 2.43. The van der Waals surface area contributed by atoms with Gasteiger partial charge in [-0.15, -0.1) is 0 Å². The van der Waals surface area contributed by atoms with Gasteiger partial charge in [0.1, 0.15) is 6.04 Å². The Morgan fingerprint density at radius 3 is 2.23 bits per heavy atom. The van der Waals surface area contributed by atoms with E-state index in [1.54, 1.807) is 4.90 Å². The first-order valence-electron chi connectivity index (χ1n) is 12.4. The lowest BCUT2D eigenvalue weighted by Gasteiger charge is -2.31. The Kier molecular flexibility index (Phi) is 8.41. The summed E-state index contributed by atoms with van der Waals surface area (Å²) in [5.41, 5.74) is 0. The zero-order valence-electron chi connectivity index (χ0n) is 19.0. The van der Waals surface area contributed by atoms with Crippen molar-refractivity contribution in [2.45, 2.75) is 84.1 Å². The molecular weight excluding hydrogens is 376 g/mol. The molecule has 4 aliphatic rings. The van der Waals surface area contributed by atoms with Gasteiger partial charge in [0.2, 0.25) is 5.91 Å². The first-order chi connectivity index (χ1) is 14.7. The van der Waals surface area contributed by atoms with E-state index in [4.69, 9.17) is 5.26 Å². The van der Waals surface area contributed by atoms with Crippen molar-refractivity contribution in [3.8, 4) is 6.07 Å². The van der Waals surface area contributed by atoms with Crippen LogP contribution in [0.5, 0.6) is 0 Å². The summed E-state index contributed by atoms with van der Waals surface area (Å²) in [6.45, 7) is 8.50. The summed E-state index contributed by atoms with van der Waals surface area (Å²) in [5, 5.41) is 9.14. The van der Waals surface area contributed by atoms with Crippen LogP contribution in [0.15, 0.2) is 0 Å². The largest absolute Gasteiger partial charge is 0.327 e. The van der Waals surface area contributed by atoms with Crippen molar-refractivity contribution in [2.75, 3.05) is 32.7 Å². The molecule has 3 aliphatic heterocycles. The third kappa shape index (κ3) is 5.28. The molecular formula is C24H40N4O2. The van der Waals surface area contributed by atoms with Crippen molar-refractivity contribution >= 4 is 11.9 Å². The highest BCUT2D eigenvalue weighted by atomic mass is 16.2. The van der Waals surface area contributed by atoms with Gasteiger partial charge in [-0.3, -0.25) is 4.79 Å². The molecule has 168 valence electrons. The molecule has 0 aromatic heterocycles. The van der Waals surface area contributed by atoms with Gasteiger partial charge in [-0.1, -0.05) is 13.8 Å². The highest BCUT2D eigenvalue weighted by Crippen LogP contribution is 2.43. The fourth-order valence-electron chi connectivity index (χ4n) is 5.99. The average Bonchev–Trinajstić information content (AvgIpc) is 3.50. The molecule has 1 saturated carbocycles. The van der Waals surface area contributed by atoms with E-state index in [-0.39, 0.29) is 18.0 Å². The number of hydrogen-bond donors (Lipinski definition) is 0. The number of hydrogen-bond acceptors (Lipinski definition) is 3. The van der Waals surface area contributed by atoms with Crippen LogP contribution in [0.25, 0.3) is 0 Å². The maximum Gasteiger partial charge on any atom is 0.320 e. The van der Waals surface area contributed by atoms with Crippen LogP contribution < -0.4 is 0 Å². The minimum absolute atomic E-state index is 0.167. The molecule has 0 radical (unpaired) electrons. The third-order valence-corrected chi connectivity index (χ3v) is 7.47. The minimum atomic E-state index is -0.193. The van der Waals surface area contributed by atoms with Gasteiger partial charge in [-0.25, -0.2) is 4.79 Å². The molecule has 0 spiro atoms. The molecule has 1 aliphatic carbocycles. The van der Waals surface area contributed by atoms with E-state index in [0.717, 1.165) is 71.2 Å². The van der Waals surface area contributed by atoms with E-state index < -0.39 is 0 Å². The van der Waals surface area contributed by atoms with Gasteiger partial charge in [0.05, 0.1) is 6.07 Å². The zero-order chi connectivity index (χ0) is 21.5. The molecule has 6 nitrogen and oxygen atoms in total. The normalized spacial score (nSPS) is 30.5. The van der Waals surface area contributed by atoms with Crippen LogP contribution in [0.4, 0.5) is 4.79 Å². The molecule has 0 aromatic rings. The summed E-state index contributed by atoms with van der Waals surface area (Å²) in [7, 11) is 0. The van der Waals surface area contributed by atoms with Gasteiger partial charge in [-0.05, 0) is 75.5 Å². The summed E-state index contributed by atoms with van der Waals surface area (Å²) in [5.74, 6) is 2.20. The molecule has 3 heterocycles. The predicted molar refractivity (Wildman–Crippen MR) is 118 cm³/mol. The number of piperidine rings is 1. The second-order valence-electron chi connectivity index (χ2n) is 9.36. The topological polar surface area (TPSA) is 67.6 Å². The number of likely N-dealkylation sites (tertiary alicyclic amines) is 3. The minimum Gasteiger partial charge on any atom is -0.327 e. The number of nitrogens with zero attached hydrogens (tertiary/aromatic N) is 4. The predicted octanol–water partition coefficient (Wildman–Crippen LogP) is 4.26. The quantitative estimate of drug-likeness (QED) is 0.687. The van der Waals surface area contributed by atoms with E-state index in [0.29, 0.717) is 24.2 Å². The second-order valence-corrected chi connectivity index (χ2v) is 9.36. The van der Waals surface area contributed by atoms with E-state index in [2.05, 4.69) is 15.9 Å². The zero-order valence-corrected chi connectivity index (χ0v) is 19.0. The smallest absolute Gasteiger partial charge is 0.320 e. The van der Waals surface area contributed by atoms with Gasteiger partial charge in [0.25, 0.3) is 0 Å². The number of fused-ring (bicyclic) bond motifs is 1. The van der Waals surface area contributed by atoms with Gasteiger partial charge < -0.3 is 14.7 Å². The Hall–Kier alpha value is -1.77. The standard InChI is InChI=1S/C22H34N4O2.C2H6/c23-14-20-7-5-11-26(20)21(27)8-4-6-17-12-18-15-25(16-19(18)13-17)22(28)24-9-2-1-3-10-24;1-2/h17-20H,1-13,15-16H2;1-2H3/t17?,18-,19+,20-;/m0./s1. The second kappa shape index (κ2) is 11.0. The van der Waals surface area contributed by atoms with Gasteiger partial charge in [-0.2, -0.15) is 5.26 Å². The van der Waals surface area contributed by atoms with Crippen LogP contribution in [0.3, 0.4) is 0 Å². The Morgan fingerprint density at radius 1 is 0.933 bits per heavy atom.